The Hall–Kier alpha value is -5.35. The molecule has 0 saturated carbocycles. The normalized spacial score (nSPS) is 18.3. The maximum absolute atomic E-state index is 11.8. The van der Waals surface area contributed by atoms with Crippen molar-refractivity contribution in [2.24, 2.45) is 0 Å². The van der Waals surface area contributed by atoms with Crippen molar-refractivity contribution in [1.82, 2.24) is 14.1 Å². The molecule has 1 fully saturated rings. The number of nitrogens with two attached hydrogens (primary N) is 1. The second-order valence-corrected chi connectivity index (χ2v) is 14.6. The standard InChI is InChI=1S/C12H21BO2.C11H12N2O3.C11H14N2O.C5H4N2O3/c1-11(2)12(3,4)15-13(14-11)10-8-6-5-7-9-10;14-11-10(13(15)16)7-4-8-12(11)9-5-2-1-3-6-9;12-10-7-4-8-13(11(10)14)9-5-2-1-3-6-9;8-5-4(7(9)10)2-1-3-6-5/h8H,5-7,9H2,1-4H3;4-5,7-8H,1-3,6H2;4-5,7-8H,1-3,6,12H2;1-3H,(H,6,8). The van der Waals surface area contributed by atoms with Gasteiger partial charge >= 0.3 is 29.6 Å². The topological polar surface area (TPSA) is 208 Å². The number of nitrogens with one attached hydrogen (secondary N) is 1. The number of nitrogen functional groups attached to an aromatic ring is 1. The van der Waals surface area contributed by atoms with E-state index < -0.39 is 26.7 Å². The monoisotopic (exact) mass is 758 g/mol. The van der Waals surface area contributed by atoms with Gasteiger partial charge in [0.05, 0.1) is 26.7 Å². The molecule has 294 valence electrons. The predicted molar refractivity (Wildman–Crippen MR) is 214 cm³/mol. The Morgan fingerprint density at radius 1 is 0.691 bits per heavy atom. The van der Waals surface area contributed by atoms with E-state index in [1.165, 1.54) is 60.1 Å². The highest BCUT2D eigenvalue weighted by Crippen LogP contribution is 2.40. The molecule has 0 atom stereocenters. The Bertz CT molecular complexity index is 2080. The molecule has 0 radical (unpaired) electrons. The van der Waals surface area contributed by atoms with Gasteiger partial charge in [-0.15, -0.1) is 0 Å². The highest BCUT2D eigenvalue weighted by atomic mass is 16.7. The van der Waals surface area contributed by atoms with Crippen molar-refractivity contribution in [3.63, 3.8) is 0 Å². The smallest absolute Gasteiger partial charge is 0.400 e. The van der Waals surface area contributed by atoms with E-state index >= 15 is 0 Å². The van der Waals surface area contributed by atoms with Gasteiger partial charge in [0.1, 0.15) is 0 Å². The van der Waals surface area contributed by atoms with Crippen LogP contribution in [-0.4, -0.2) is 42.3 Å². The van der Waals surface area contributed by atoms with Crippen LogP contribution in [0.5, 0.6) is 0 Å². The molecule has 1 aliphatic heterocycles. The minimum absolute atomic E-state index is 0.0966. The van der Waals surface area contributed by atoms with Crippen LogP contribution < -0.4 is 22.4 Å². The average Bonchev–Trinajstić information content (AvgIpc) is 3.40. The van der Waals surface area contributed by atoms with Crippen molar-refractivity contribution in [1.29, 1.82) is 0 Å². The largest absolute Gasteiger partial charge is 0.490 e. The molecule has 0 unspecified atom stereocenters. The number of nitro groups is 2. The van der Waals surface area contributed by atoms with E-state index in [9.17, 15) is 34.6 Å². The van der Waals surface area contributed by atoms with Crippen molar-refractivity contribution >= 4 is 35.6 Å². The molecule has 0 spiro atoms. The second-order valence-electron chi connectivity index (χ2n) is 14.6. The maximum Gasteiger partial charge on any atom is 0.490 e. The van der Waals surface area contributed by atoms with Crippen molar-refractivity contribution in [2.45, 2.75) is 116 Å². The Kier molecular flexibility index (Phi) is 14.9. The fraction of sp³-hybridized carbons (Fsp3) is 0.462. The summed E-state index contributed by atoms with van der Waals surface area (Å²) >= 11 is 0. The summed E-state index contributed by atoms with van der Waals surface area (Å²) in [5, 5.41) is 20.6. The summed E-state index contributed by atoms with van der Waals surface area (Å²) in [7, 11) is -0.102. The summed E-state index contributed by atoms with van der Waals surface area (Å²) in [6.45, 7) is 8.43. The molecule has 0 bridgehead atoms. The summed E-state index contributed by atoms with van der Waals surface area (Å²) in [4.78, 5) is 55.5. The summed E-state index contributed by atoms with van der Waals surface area (Å²) < 4.78 is 15.1. The fourth-order valence-corrected chi connectivity index (χ4v) is 6.29. The number of pyridine rings is 3. The van der Waals surface area contributed by atoms with Crippen LogP contribution in [0.15, 0.2) is 93.1 Å². The Morgan fingerprint density at radius 3 is 1.64 bits per heavy atom. The third-order valence-electron chi connectivity index (χ3n) is 10.1. The zero-order valence-electron chi connectivity index (χ0n) is 32.0. The van der Waals surface area contributed by atoms with Crippen LogP contribution in [0, 0.1) is 20.2 Å². The van der Waals surface area contributed by atoms with Crippen LogP contribution in [0.2, 0.25) is 0 Å². The van der Waals surface area contributed by atoms with E-state index in [2.05, 4.69) is 44.8 Å². The van der Waals surface area contributed by atoms with Crippen molar-refractivity contribution in [2.75, 3.05) is 5.73 Å². The lowest BCUT2D eigenvalue weighted by atomic mass is 9.73. The molecular weight excluding hydrogens is 707 g/mol. The van der Waals surface area contributed by atoms with E-state index in [4.69, 9.17) is 15.0 Å². The SMILES string of the molecule is CC1(C)OB(C2=CCCCC2)OC1(C)C.Nc1cccn(C2=CCCCC2)c1=O.O=c1[nH]cccc1[N+](=O)[O-].O=c1c([N+](=O)[O-])cccn1C1=CCCCC1. The molecule has 3 aromatic rings. The van der Waals surface area contributed by atoms with E-state index in [-0.39, 0.29) is 29.6 Å². The molecule has 3 aromatic heterocycles. The molecule has 4 aliphatic rings. The van der Waals surface area contributed by atoms with Crippen LogP contribution in [0.4, 0.5) is 17.1 Å². The van der Waals surface area contributed by atoms with Crippen molar-refractivity contribution < 1.29 is 19.2 Å². The van der Waals surface area contributed by atoms with Crippen LogP contribution in [0.1, 0.15) is 105 Å². The first-order valence-electron chi connectivity index (χ1n) is 18.7. The predicted octanol–water partition coefficient (Wildman–Crippen LogP) is 7.42. The lowest BCUT2D eigenvalue weighted by molar-refractivity contribution is -0.386. The number of rotatable bonds is 5. The molecule has 0 amide bonds. The molecule has 0 aromatic carbocycles. The molecule has 1 saturated heterocycles. The van der Waals surface area contributed by atoms with Gasteiger partial charge < -0.3 is 20.0 Å². The van der Waals surface area contributed by atoms with Gasteiger partial charge in [-0.05, 0) is 134 Å². The zero-order valence-corrected chi connectivity index (χ0v) is 32.0. The molecule has 55 heavy (non-hydrogen) atoms. The molecule has 16 heteroatoms. The first kappa shape index (κ1) is 42.4. The number of hydrogen-bond donors (Lipinski definition) is 2. The second kappa shape index (κ2) is 19.3. The lowest BCUT2D eigenvalue weighted by Gasteiger charge is -2.32. The number of hydrogen-bond acceptors (Lipinski definition) is 10. The minimum atomic E-state index is -0.723. The Labute approximate surface area is 320 Å². The molecular formula is C39H51BN6O9. The average molecular weight is 759 g/mol. The number of allylic oxidation sites excluding steroid dienone is 6. The number of aromatic nitrogens is 3. The van der Waals surface area contributed by atoms with E-state index in [0.29, 0.717) is 5.69 Å². The molecule has 3 N–H and O–H groups in total. The number of H-pyrrole nitrogens is 1. The number of anilines is 1. The Balaban J connectivity index is 0.000000165. The van der Waals surface area contributed by atoms with Crippen LogP contribution in [0.25, 0.3) is 11.4 Å². The molecule has 4 heterocycles. The van der Waals surface area contributed by atoms with Crippen LogP contribution >= 0.6 is 0 Å². The summed E-state index contributed by atoms with van der Waals surface area (Å²) in [5.74, 6) is 0. The zero-order chi connectivity index (χ0) is 40.2. The molecule has 15 nitrogen and oxygen atoms in total. The Morgan fingerprint density at radius 2 is 1.18 bits per heavy atom. The van der Waals surface area contributed by atoms with Crippen LogP contribution in [0.3, 0.4) is 0 Å². The first-order chi connectivity index (χ1) is 26.1. The van der Waals surface area contributed by atoms with Gasteiger partial charge in [0.2, 0.25) is 0 Å². The van der Waals surface area contributed by atoms with E-state index in [0.717, 1.165) is 68.8 Å². The quantitative estimate of drug-likeness (QED) is 0.149. The first-order valence-corrected chi connectivity index (χ1v) is 18.7. The molecule has 3 aliphatic carbocycles. The molecule has 7 rings (SSSR count). The highest BCUT2D eigenvalue weighted by molar-refractivity contribution is 6.54. The third kappa shape index (κ3) is 11.3. The van der Waals surface area contributed by atoms with Gasteiger partial charge in [0.15, 0.2) is 0 Å². The van der Waals surface area contributed by atoms with E-state index in [1.807, 2.05) is 12.1 Å². The van der Waals surface area contributed by atoms with Gasteiger partial charge in [0, 0.05) is 42.1 Å². The number of aromatic amines is 1. The maximum atomic E-state index is 11.8. The van der Waals surface area contributed by atoms with Gasteiger partial charge in [0.25, 0.3) is 5.56 Å². The summed E-state index contributed by atoms with van der Waals surface area (Å²) in [6, 6.07) is 8.78. The van der Waals surface area contributed by atoms with Crippen LogP contribution in [-0.2, 0) is 9.31 Å². The summed E-state index contributed by atoms with van der Waals surface area (Å²) in [6.07, 6.45) is 24.3. The van der Waals surface area contributed by atoms with Crippen molar-refractivity contribution in [3.05, 3.63) is 130 Å². The highest BCUT2D eigenvalue weighted by Gasteiger charge is 2.52. The lowest BCUT2D eigenvalue weighted by Crippen LogP contribution is -2.41. The van der Waals surface area contributed by atoms with Gasteiger partial charge in [-0.1, -0.05) is 18.2 Å². The van der Waals surface area contributed by atoms with E-state index in [1.54, 1.807) is 23.0 Å². The third-order valence-corrected chi connectivity index (χ3v) is 10.1. The fourth-order valence-electron chi connectivity index (χ4n) is 6.29. The van der Waals surface area contributed by atoms with Gasteiger partial charge in [-0.25, -0.2) is 0 Å². The van der Waals surface area contributed by atoms with Gasteiger partial charge in [-0.2, -0.15) is 0 Å². The minimum Gasteiger partial charge on any atom is -0.400 e. The number of nitrogens with zero attached hydrogens (tertiary/aromatic N) is 4. The van der Waals surface area contributed by atoms with Crippen molar-refractivity contribution in [3.8, 4) is 0 Å². The summed E-state index contributed by atoms with van der Waals surface area (Å²) in [5.41, 5.74) is 6.70. The van der Waals surface area contributed by atoms with Gasteiger partial charge in [-0.3, -0.25) is 43.7 Å².